The molecule has 9 nitrogen and oxygen atoms in total. The van der Waals surface area contributed by atoms with Crippen LogP contribution < -0.4 is 11.2 Å². The molecule has 0 bridgehead atoms. The molecule has 1 heterocycles. The van der Waals surface area contributed by atoms with E-state index in [0.29, 0.717) is 11.1 Å². The summed E-state index contributed by atoms with van der Waals surface area (Å²) in [4.78, 5) is 8.27. The summed E-state index contributed by atoms with van der Waals surface area (Å²) >= 11 is 0. The van der Waals surface area contributed by atoms with Gasteiger partial charge in [-0.3, -0.25) is 5.43 Å². The van der Waals surface area contributed by atoms with E-state index in [1.807, 2.05) is 0 Å². The number of benzene rings is 2. The maximum Gasteiger partial charge on any atom is 0.176 e. The monoisotopic (exact) mass is 375 g/mol. The lowest BCUT2D eigenvalue weighted by Gasteiger charge is -2.05. The van der Waals surface area contributed by atoms with Crippen LogP contribution >= 0.6 is 0 Å². The molecule has 0 fully saturated rings. The number of amidine groups is 1. The molecule has 9 heteroatoms. The number of phenolic OH excluding ortho intramolecular Hbond substituents is 2. The number of rotatable bonds is 6. The molecule has 0 amide bonds. The van der Waals surface area contributed by atoms with Crippen LogP contribution in [0.4, 0.5) is 5.82 Å². The highest BCUT2D eigenvalue weighted by Gasteiger charge is 2.08. The summed E-state index contributed by atoms with van der Waals surface area (Å²) in [6.45, 7) is 0. The number of nitrogens with zero attached hydrogens (tertiary/aromatic N) is 5. The number of nitrogens with one attached hydrogen (secondary N) is 1. The fourth-order valence-electron chi connectivity index (χ4n) is 2.16. The minimum atomic E-state index is 0.0139. The SMILES string of the molecule is N/C(=N/N=C\c1ccccc1O)c1nccnc1N/N=C/c1ccccc1O. The fraction of sp³-hybridized carbons (Fsp3) is 0. The Morgan fingerprint density at radius 2 is 1.50 bits per heavy atom. The van der Waals surface area contributed by atoms with Gasteiger partial charge in [0, 0.05) is 23.5 Å². The van der Waals surface area contributed by atoms with E-state index < -0.39 is 0 Å². The van der Waals surface area contributed by atoms with Gasteiger partial charge in [-0.1, -0.05) is 24.3 Å². The van der Waals surface area contributed by atoms with E-state index in [2.05, 4.69) is 30.7 Å². The number of hydrogen-bond acceptors (Lipinski definition) is 8. The minimum Gasteiger partial charge on any atom is -0.507 e. The lowest BCUT2D eigenvalue weighted by atomic mass is 10.2. The lowest BCUT2D eigenvalue weighted by molar-refractivity contribution is 0.474. The van der Waals surface area contributed by atoms with Crippen molar-refractivity contribution in [3.63, 3.8) is 0 Å². The predicted molar refractivity (Wildman–Crippen MR) is 108 cm³/mol. The number of hydrogen-bond donors (Lipinski definition) is 4. The van der Waals surface area contributed by atoms with E-state index in [1.165, 1.54) is 24.8 Å². The van der Waals surface area contributed by atoms with Crippen molar-refractivity contribution in [2.24, 2.45) is 21.0 Å². The molecule has 0 atom stereocenters. The average molecular weight is 375 g/mol. The smallest absolute Gasteiger partial charge is 0.176 e. The van der Waals surface area contributed by atoms with E-state index in [0.717, 1.165) is 0 Å². The first-order chi connectivity index (χ1) is 13.6. The highest BCUT2D eigenvalue weighted by Crippen LogP contribution is 2.14. The van der Waals surface area contributed by atoms with Crippen molar-refractivity contribution in [2.75, 3.05) is 5.43 Å². The maximum absolute atomic E-state index is 9.74. The molecule has 2 aromatic carbocycles. The first-order valence-electron chi connectivity index (χ1n) is 8.18. The molecule has 3 aromatic rings. The number of hydrazone groups is 1. The Bertz CT molecular complexity index is 1050. The summed E-state index contributed by atoms with van der Waals surface area (Å²) in [5.41, 5.74) is 9.96. The van der Waals surface area contributed by atoms with Gasteiger partial charge in [0.1, 0.15) is 11.5 Å². The molecule has 0 aliphatic rings. The Morgan fingerprint density at radius 3 is 2.18 bits per heavy atom. The molecule has 5 N–H and O–H groups in total. The van der Waals surface area contributed by atoms with Gasteiger partial charge in [0.15, 0.2) is 17.3 Å². The van der Waals surface area contributed by atoms with Crippen molar-refractivity contribution in [1.82, 2.24) is 9.97 Å². The summed E-state index contributed by atoms with van der Waals surface area (Å²) in [6, 6.07) is 13.5. The molecule has 0 saturated carbocycles. The summed E-state index contributed by atoms with van der Waals surface area (Å²) in [5, 5.41) is 31.2. The Kier molecular flexibility index (Phi) is 5.89. The standard InChI is InChI=1S/C19H17N7O2/c20-18(25-23-11-13-5-1-3-7-15(13)27)17-19(22-10-9-21-17)26-24-12-14-6-2-4-8-16(14)28/h1-12,27-28H,(H2,20,25)(H,22,26)/b23-11-,24-12+. The number of phenols is 2. The van der Waals surface area contributed by atoms with Crippen molar-refractivity contribution in [2.45, 2.75) is 0 Å². The normalized spacial score (nSPS) is 11.9. The van der Waals surface area contributed by atoms with Gasteiger partial charge in [-0.05, 0) is 24.3 Å². The van der Waals surface area contributed by atoms with E-state index >= 15 is 0 Å². The van der Waals surface area contributed by atoms with Gasteiger partial charge >= 0.3 is 0 Å². The molecule has 140 valence electrons. The average Bonchev–Trinajstić information content (AvgIpc) is 2.71. The molecule has 0 saturated heterocycles. The zero-order valence-corrected chi connectivity index (χ0v) is 14.6. The maximum atomic E-state index is 9.74. The van der Waals surface area contributed by atoms with E-state index in [9.17, 15) is 10.2 Å². The molecule has 0 unspecified atom stereocenters. The number of nitrogens with two attached hydrogens (primary N) is 1. The zero-order valence-electron chi connectivity index (χ0n) is 14.6. The third-order valence-electron chi connectivity index (χ3n) is 3.55. The molecule has 0 aliphatic heterocycles. The van der Waals surface area contributed by atoms with Gasteiger partial charge in [0.05, 0.1) is 12.4 Å². The first kappa shape index (κ1) is 18.5. The van der Waals surface area contributed by atoms with Crippen molar-refractivity contribution >= 4 is 24.1 Å². The number of anilines is 1. The van der Waals surface area contributed by atoms with Gasteiger partial charge in [-0.25, -0.2) is 9.97 Å². The van der Waals surface area contributed by atoms with Gasteiger partial charge in [-0.2, -0.15) is 10.2 Å². The Labute approximate surface area is 160 Å². The van der Waals surface area contributed by atoms with Crippen LogP contribution in [0.15, 0.2) is 76.2 Å². The predicted octanol–water partition coefficient (Wildman–Crippen LogP) is 2.07. The van der Waals surface area contributed by atoms with E-state index in [1.54, 1.807) is 48.5 Å². The van der Waals surface area contributed by atoms with Crippen LogP contribution in [0.25, 0.3) is 0 Å². The quantitative estimate of drug-likeness (QED) is 0.295. The van der Waals surface area contributed by atoms with Gasteiger partial charge in [0.2, 0.25) is 0 Å². The topological polar surface area (TPSA) is 141 Å². The summed E-state index contributed by atoms with van der Waals surface area (Å²) in [5.74, 6) is 0.473. The Morgan fingerprint density at radius 1 is 0.893 bits per heavy atom. The van der Waals surface area contributed by atoms with Gasteiger partial charge in [-0.15, -0.1) is 5.10 Å². The van der Waals surface area contributed by atoms with Crippen molar-refractivity contribution < 1.29 is 10.2 Å². The Balaban J connectivity index is 1.76. The third-order valence-corrected chi connectivity index (χ3v) is 3.55. The summed E-state index contributed by atoms with van der Waals surface area (Å²) in [6.07, 6.45) is 5.75. The van der Waals surface area contributed by atoms with Crippen LogP contribution in [0.3, 0.4) is 0 Å². The Hall–Kier alpha value is -4.27. The van der Waals surface area contributed by atoms with Crippen LogP contribution in [0, 0.1) is 0 Å². The molecule has 3 rings (SSSR count). The molecular formula is C19H17N7O2. The van der Waals surface area contributed by atoms with Crippen LogP contribution in [0.1, 0.15) is 16.8 Å². The highest BCUT2D eigenvalue weighted by atomic mass is 16.3. The van der Waals surface area contributed by atoms with Crippen LogP contribution in [-0.4, -0.2) is 38.4 Å². The zero-order chi connectivity index (χ0) is 19.8. The number of para-hydroxylation sites is 2. The van der Waals surface area contributed by atoms with E-state index in [-0.39, 0.29) is 28.8 Å². The summed E-state index contributed by atoms with van der Waals surface area (Å²) in [7, 11) is 0. The number of aromatic nitrogens is 2. The van der Waals surface area contributed by atoms with Gasteiger partial charge < -0.3 is 15.9 Å². The number of aromatic hydroxyl groups is 2. The van der Waals surface area contributed by atoms with Crippen molar-refractivity contribution in [3.05, 3.63) is 77.7 Å². The molecular weight excluding hydrogens is 358 g/mol. The van der Waals surface area contributed by atoms with E-state index in [4.69, 9.17) is 5.73 Å². The first-order valence-corrected chi connectivity index (χ1v) is 8.18. The minimum absolute atomic E-state index is 0.0139. The molecule has 0 aliphatic carbocycles. The van der Waals surface area contributed by atoms with Crippen LogP contribution in [0.5, 0.6) is 11.5 Å². The molecule has 28 heavy (non-hydrogen) atoms. The van der Waals surface area contributed by atoms with Crippen molar-refractivity contribution in [3.8, 4) is 11.5 Å². The van der Waals surface area contributed by atoms with Crippen LogP contribution in [-0.2, 0) is 0 Å². The second-order valence-corrected chi connectivity index (χ2v) is 5.47. The molecule has 1 aromatic heterocycles. The fourth-order valence-corrected chi connectivity index (χ4v) is 2.16. The second-order valence-electron chi connectivity index (χ2n) is 5.47. The van der Waals surface area contributed by atoms with Crippen LogP contribution in [0.2, 0.25) is 0 Å². The third kappa shape index (κ3) is 4.67. The summed E-state index contributed by atoms with van der Waals surface area (Å²) < 4.78 is 0. The van der Waals surface area contributed by atoms with Crippen molar-refractivity contribution in [1.29, 1.82) is 0 Å². The largest absolute Gasteiger partial charge is 0.507 e. The highest BCUT2D eigenvalue weighted by molar-refractivity contribution is 6.00. The lowest BCUT2D eigenvalue weighted by Crippen LogP contribution is -2.17. The second kappa shape index (κ2) is 8.90. The van der Waals surface area contributed by atoms with Gasteiger partial charge in [0.25, 0.3) is 0 Å². The molecule has 0 spiro atoms. The molecule has 0 radical (unpaired) electrons.